The maximum Gasteiger partial charge on any atom is 0.344 e. The molecule has 0 aromatic heterocycles. The van der Waals surface area contributed by atoms with Gasteiger partial charge in [-0.3, -0.25) is 10.1 Å². The van der Waals surface area contributed by atoms with Crippen LogP contribution in [0.25, 0.3) is 0 Å². The van der Waals surface area contributed by atoms with Crippen LogP contribution in [0.5, 0.6) is 5.75 Å². The molecule has 0 unspecified atom stereocenters. The highest BCUT2D eigenvalue weighted by Crippen LogP contribution is 2.20. The maximum atomic E-state index is 12.5. The molecule has 0 saturated carbocycles. The van der Waals surface area contributed by atoms with Crippen LogP contribution in [-0.4, -0.2) is 23.5 Å². The lowest BCUT2D eigenvalue weighted by Gasteiger charge is -2.09. The summed E-state index contributed by atoms with van der Waals surface area (Å²) in [5, 5.41) is 10.7. The van der Waals surface area contributed by atoms with Crippen molar-refractivity contribution >= 4 is 17.6 Å². The Labute approximate surface area is 169 Å². The summed E-state index contributed by atoms with van der Waals surface area (Å²) in [6.45, 7) is 2.46. The van der Waals surface area contributed by atoms with Crippen molar-refractivity contribution < 1.29 is 24.0 Å². The predicted molar refractivity (Wildman–Crippen MR) is 108 cm³/mol. The number of carbonyl (C=O) groups excluding carboxylic acids is 2. The zero-order chi connectivity index (χ0) is 21.1. The van der Waals surface area contributed by atoms with Gasteiger partial charge in [0.05, 0.1) is 22.7 Å². The minimum absolute atomic E-state index is 0.0822. The van der Waals surface area contributed by atoms with Crippen LogP contribution in [0.4, 0.5) is 5.69 Å². The quantitative estimate of drug-likeness (QED) is 0.167. The van der Waals surface area contributed by atoms with E-state index in [4.69, 9.17) is 9.47 Å². The molecule has 0 fully saturated rings. The minimum atomic E-state index is -0.731. The van der Waals surface area contributed by atoms with E-state index in [1.807, 2.05) is 0 Å². The van der Waals surface area contributed by atoms with Crippen LogP contribution >= 0.6 is 0 Å². The van der Waals surface area contributed by atoms with E-state index in [0.29, 0.717) is 6.61 Å². The molecule has 0 aliphatic heterocycles. The number of ether oxygens (including phenoxy) is 2. The van der Waals surface area contributed by atoms with E-state index >= 15 is 0 Å². The first-order valence-electron chi connectivity index (χ1n) is 9.75. The van der Waals surface area contributed by atoms with Crippen molar-refractivity contribution in [3.05, 3.63) is 69.8 Å². The number of nitro benzene ring substituents is 1. The lowest BCUT2D eigenvalue weighted by molar-refractivity contribution is -0.384. The molecule has 0 amide bonds. The molecule has 29 heavy (non-hydrogen) atoms. The number of benzene rings is 2. The van der Waals surface area contributed by atoms with E-state index in [9.17, 15) is 19.7 Å². The summed E-state index contributed by atoms with van der Waals surface area (Å²) in [4.78, 5) is 35.0. The van der Waals surface area contributed by atoms with Crippen molar-refractivity contribution in [1.82, 2.24) is 0 Å². The normalized spacial score (nSPS) is 10.4. The fraction of sp³-hybridized carbons (Fsp3) is 0.364. The Balaban J connectivity index is 1.93. The lowest BCUT2D eigenvalue weighted by Crippen LogP contribution is -2.16. The number of nitro groups is 1. The summed E-state index contributed by atoms with van der Waals surface area (Å²) < 4.78 is 10.5. The highest BCUT2D eigenvalue weighted by Gasteiger charge is 2.19. The van der Waals surface area contributed by atoms with E-state index < -0.39 is 16.9 Å². The molecule has 0 aliphatic carbocycles. The lowest BCUT2D eigenvalue weighted by atomic mass is 10.1. The molecule has 0 N–H and O–H groups in total. The summed E-state index contributed by atoms with van der Waals surface area (Å²) in [5.74, 6) is -1.16. The third-order valence-corrected chi connectivity index (χ3v) is 4.36. The number of esters is 2. The van der Waals surface area contributed by atoms with Crippen LogP contribution in [-0.2, 0) is 4.74 Å². The molecule has 0 aliphatic rings. The van der Waals surface area contributed by atoms with Crippen LogP contribution in [0.15, 0.2) is 48.5 Å². The van der Waals surface area contributed by atoms with Gasteiger partial charge in [-0.25, -0.2) is 9.59 Å². The first kappa shape index (κ1) is 22.1. The van der Waals surface area contributed by atoms with Crippen molar-refractivity contribution in [2.75, 3.05) is 6.61 Å². The standard InChI is InChI=1S/C22H25NO6/c1-2-3-4-5-6-9-16-28-21(24)19-10-7-8-11-20(19)22(25)29-18-14-12-17(13-15-18)23(26)27/h7-8,10-15H,2-6,9,16H2,1H3. The monoisotopic (exact) mass is 399 g/mol. The molecule has 0 bridgehead atoms. The third-order valence-electron chi connectivity index (χ3n) is 4.36. The second-order valence-corrected chi connectivity index (χ2v) is 6.59. The van der Waals surface area contributed by atoms with Gasteiger partial charge in [0.1, 0.15) is 5.75 Å². The Kier molecular flexibility index (Phi) is 8.82. The predicted octanol–water partition coefficient (Wildman–Crippen LogP) is 5.33. The SMILES string of the molecule is CCCCCCCCOC(=O)c1ccccc1C(=O)Oc1ccc([N+](=O)[O-])cc1. The molecule has 2 rings (SSSR count). The van der Waals surface area contributed by atoms with Crippen molar-refractivity contribution in [3.63, 3.8) is 0 Å². The fourth-order valence-electron chi connectivity index (χ4n) is 2.76. The first-order chi connectivity index (χ1) is 14.0. The highest BCUT2D eigenvalue weighted by atomic mass is 16.6. The molecule has 0 radical (unpaired) electrons. The fourth-order valence-corrected chi connectivity index (χ4v) is 2.76. The Morgan fingerprint density at radius 3 is 2.07 bits per heavy atom. The Morgan fingerprint density at radius 2 is 1.45 bits per heavy atom. The number of rotatable bonds is 11. The van der Waals surface area contributed by atoms with Gasteiger partial charge in [0.15, 0.2) is 0 Å². The number of carbonyl (C=O) groups is 2. The molecule has 2 aromatic carbocycles. The van der Waals surface area contributed by atoms with Crippen LogP contribution in [0.2, 0.25) is 0 Å². The Hall–Kier alpha value is -3.22. The van der Waals surface area contributed by atoms with Gasteiger partial charge in [-0.05, 0) is 30.7 Å². The van der Waals surface area contributed by atoms with Gasteiger partial charge in [0.2, 0.25) is 0 Å². The molecule has 0 saturated heterocycles. The van der Waals surface area contributed by atoms with Gasteiger partial charge in [-0.1, -0.05) is 51.2 Å². The summed E-state index contributed by atoms with van der Waals surface area (Å²) in [5.41, 5.74) is 0.104. The van der Waals surface area contributed by atoms with E-state index in [1.54, 1.807) is 12.1 Å². The molecular weight excluding hydrogens is 374 g/mol. The van der Waals surface area contributed by atoms with Gasteiger partial charge in [-0.15, -0.1) is 0 Å². The van der Waals surface area contributed by atoms with Gasteiger partial charge < -0.3 is 9.47 Å². The van der Waals surface area contributed by atoms with Crippen LogP contribution in [0.1, 0.15) is 66.2 Å². The number of nitrogens with zero attached hydrogens (tertiary/aromatic N) is 1. The summed E-state index contributed by atoms with van der Waals surface area (Å²) in [7, 11) is 0. The van der Waals surface area contributed by atoms with Gasteiger partial charge in [-0.2, -0.15) is 0 Å². The Bertz CT molecular complexity index is 831. The average molecular weight is 399 g/mol. The maximum absolute atomic E-state index is 12.5. The largest absolute Gasteiger partial charge is 0.462 e. The molecule has 0 heterocycles. The summed E-state index contributed by atoms with van der Waals surface area (Å²) in [6, 6.07) is 11.4. The number of hydrogen-bond acceptors (Lipinski definition) is 6. The van der Waals surface area contributed by atoms with Crippen molar-refractivity contribution in [2.24, 2.45) is 0 Å². The molecule has 7 nitrogen and oxygen atoms in total. The van der Waals surface area contributed by atoms with E-state index in [0.717, 1.165) is 19.3 Å². The molecule has 0 spiro atoms. The van der Waals surface area contributed by atoms with Crippen molar-refractivity contribution in [3.8, 4) is 5.75 Å². The number of unbranched alkanes of at least 4 members (excludes halogenated alkanes) is 5. The summed E-state index contributed by atoms with van der Waals surface area (Å²) in [6.07, 6.45) is 6.47. The van der Waals surface area contributed by atoms with Crippen LogP contribution < -0.4 is 4.74 Å². The number of non-ortho nitro benzene ring substituents is 1. The van der Waals surface area contributed by atoms with E-state index in [1.165, 1.54) is 55.7 Å². The zero-order valence-corrected chi connectivity index (χ0v) is 16.5. The van der Waals surface area contributed by atoms with Crippen LogP contribution in [0.3, 0.4) is 0 Å². The molecule has 0 atom stereocenters. The molecule has 154 valence electrons. The van der Waals surface area contributed by atoms with Crippen LogP contribution in [0, 0.1) is 10.1 Å². The number of hydrogen-bond donors (Lipinski definition) is 0. The third kappa shape index (κ3) is 7.03. The smallest absolute Gasteiger partial charge is 0.344 e. The van der Waals surface area contributed by atoms with Crippen molar-refractivity contribution in [1.29, 1.82) is 0 Å². The first-order valence-corrected chi connectivity index (χ1v) is 9.75. The average Bonchev–Trinajstić information content (AvgIpc) is 2.73. The summed E-state index contributed by atoms with van der Waals surface area (Å²) >= 11 is 0. The molecule has 2 aromatic rings. The molecular formula is C22H25NO6. The molecule has 7 heteroatoms. The topological polar surface area (TPSA) is 95.7 Å². The highest BCUT2D eigenvalue weighted by molar-refractivity contribution is 6.03. The minimum Gasteiger partial charge on any atom is -0.462 e. The second kappa shape index (κ2) is 11.6. The van der Waals surface area contributed by atoms with E-state index in [-0.39, 0.29) is 22.6 Å². The van der Waals surface area contributed by atoms with Gasteiger partial charge in [0.25, 0.3) is 5.69 Å². The van der Waals surface area contributed by atoms with E-state index in [2.05, 4.69) is 6.92 Å². The van der Waals surface area contributed by atoms with Gasteiger partial charge >= 0.3 is 11.9 Å². The van der Waals surface area contributed by atoms with Crippen molar-refractivity contribution in [2.45, 2.75) is 45.4 Å². The van der Waals surface area contributed by atoms with Gasteiger partial charge in [0, 0.05) is 12.1 Å². The Morgan fingerprint density at radius 1 is 0.862 bits per heavy atom. The zero-order valence-electron chi connectivity index (χ0n) is 16.5. The second-order valence-electron chi connectivity index (χ2n) is 6.59.